The van der Waals surface area contributed by atoms with Gasteiger partial charge in [-0.05, 0) is 36.4 Å². The van der Waals surface area contributed by atoms with Crippen LogP contribution in [-0.2, 0) is 0 Å². The Morgan fingerprint density at radius 3 is 2.50 bits per heavy atom. The van der Waals surface area contributed by atoms with Gasteiger partial charge in [0.1, 0.15) is 5.75 Å². The number of phenols is 2. The van der Waals surface area contributed by atoms with Gasteiger partial charge in [0.05, 0.1) is 11.1 Å². The lowest BCUT2D eigenvalue weighted by atomic mass is 10.2. The first-order chi connectivity index (χ1) is 10.5. The van der Waals surface area contributed by atoms with Gasteiger partial charge in [-0.15, -0.1) is 0 Å². The van der Waals surface area contributed by atoms with E-state index in [1.165, 1.54) is 42.6 Å². The number of nitro groups is 1. The molecule has 2 aromatic carbocycles. The quantitative estimate of drug-likeness (QED) is 0.451. The molecule has 0 heterocycles. The van der Waals surface area contributed by atoms with E-state index in [-0.39, 0.29) is 5.75 Å². The third-order valence-electron chi connectivity index (χ3n) is 2.71. The van der Waals surface area contributed by atoms with Crippen molar-refractivity contribution in [2.24, 2.45) is 5.10 Å². The highest BCUT2D eigenvalue weighted by Crippen LogP contribution is 2.25. The van der Waals surface area contributed by atoms with Crippen molar-refractivity contribution in [2.75, 3.05) is 0 Å². The molecule has 8 nitrogen and oxygen atoms in total. The van der Waals surface area contributed by atoms with Gasteiger partial charge < -0.3 is 10.2 Å². The van der Waals surface area contributed by atoms with Crippen LogP contribution in [-0.4, -0.2) is 27.3 Å². The Morgan fingerprint density at radius 2 is 1.86 bits per heavy atom. The normalized spacial score (nSPS) is 10.5. The molecule has 0 fully saturated rings. The summed E-state index contributed by atoms with van der Waals surface area (Å²) in [7, 11) is 0. The van der Waals surface area contributed by atoms with Crippen LogP contribution in [0.25, 0.3) is 0 Å². The molecule has 0 saturated heterocycles. The predicted molar refractivity (Wildman–Crippen MR) is 77.9 cm³/mol. The zero-order valence-electron chi connectivity index (χ0n) is 11.1. The van der Waals surface area contributed by atoms with E-state index in [0.29, 0.717) is 11.1 Å². The summed E-state index contributed by atoms with van der Waals surface area (Å²) < 4.78 is 0. The van der Waals surface area contributed by atoms with Crippen LogP contribution in [0.15, 0.2) is 47.6 Å². The van der Waals surface area contributed by atoms with Crippen molar-refractivity contribution in [3.63, 3.8) is 0 Å². The van der Waals surface area contributed by atoms with Crippen LogP contribution < -0.4 is 5.43 Å². The molecule has 2 rings (SSSR count). The largest absolute Gasteiger partial charge is 0.508 e. The number of rotatable bonds is 4. The van der Waals surface area contributed by atoms with Crippen molar-refractivity contribution in [2.45, 2.75) is 0 Å². The maximum absolute atomic E-state index is 11.7. The second-order valence-corrected chi connectivity index (χ2v) is 4.25. The fourth-order valence-corrected chi connectivity index (χ4v) is 1.61. The van der Waals surface area contributed by atoms with E-state index < -0.39 is 22.3 Å². The van der Waals surface area contributed by atoms with E-state index in [1.54, 1.807) is 0 Å². The Balaban J connectivity index is 2.06. The minimum Gasteiger partial charge on any atom is -0.508 e. The standard InChI is InChI=1S/C14H11N3O5/c18-11-4-2-10(3-5-11)14(20)16-15-8-9-1-6-13(19)12(7-9)17(21)22/h1-8,18-19H,(H,16,20)/b15-8-. The monoisotopic (exact) mass is 301 g/mol. The molecule has 0 spiro atoms. The second kappa shape index (κ2) is 6.35. The van der Waals surface area contributed by atoms with Crippen molar-refractivity contribution in [3.8, 4) is 11.5 Å². The van der Waals surface area contributed by atoms with Gasteiger partial charge in [-0.3, -0.25) is 14.9 Å². The molecular weight excluding hydrogens is 290 g/mol. The van der Waals surface area contributed by atoms with Crippen molar-refractivity contribution in [1.29, 1.82) is 0 Å². The first kappa shape index (κ1) is 15.0. The Bertz CT molecular complexity index is 741. The zero-order chi connectivity index (χ0) is 16.1. The van der Waals surface area contributed by atoms with Crippen LogP contribution in [0.2, 0.25) is 0 Å². The zero-order valence-corrected chi connectivity index (χ0v) is 11.1. The number of nitrogens with one attached hydrogen (secondary N) is 1. The number of phenolic OH excluding ortho intramolecular Hbond substituents is 2. The van der Waals surface area contributed by atoms with Crippen molar-refractivity contribution < 1.29 is 19.9 Å². The molecule has 3 N–H and O–H groups in total. The molecule has 2 aromatic rings. The molecule has 0 saturated carbocycles. The van der Waals surface area contributed by atoms with Gasteiger partial charge in [-0.25, -0.2) is 5.43 Å². The highest BCUT2D eigenvalue weighted by atomic mass is 16.6. The maximum atomic E-state index is 11.7. The van der Waals surface area contributed by atoms with Crippen LogP contribution in [0.5, 0.6) is 11.5 Å². The number of hydrazone groups is 1. The van der Waals surface area contributed by atoms with Crippen LogP contribution in [0.4, 0.5) is 5.69 Å². The first-order valence-corrected chi connectivity index (χ1v) is 6.07. The van der Waals surface area contributed by atoms with Crippen LogP contribution >= 0.6 is 0 Å². The molecule has 112 valence electrons. The summed E-state index contributed by atoms with van der Waals surface area (Å²) in [5, 5.41) is 32.8. The molecular formula is C14H11N3O5. The summed E-state index contributed by atoms with van der Waals surface area (Å²) in [4.78, 5) is 21.7. The Morgan fingerprint density at radius 1 is 1.18 bits per heavy atom. The summed E-state index contributed by atoms with van der Waals surface area (Å²) in [6, 6.07) is 9.28. The lowest BCUT2D eigenvalue weighted by Crippen LogP contribution is -2.17. The highest BCUT2D eigenvalue weighted by Gasteiger charge is 2.12. The molecule has 0 aliphatic carbocycles. The van der Waals surface area contributed by atoms with Gasteiger partial charge in [-0.1, -0.05) is 0 Å². The van der Waals surface area contributed by atoms with Crippen molar-refractivity contribution in [3.05, 3.63) is 63.7 Å². The van der Waals surface area contributed by atoms with E-state index in [0.717, 1.165) is 6.07 Å². The maximum Gasteiger partial charge on any atom is 0.311 e. The summed E-state index contributed by atoms with van der Waals surface area (Å²) in [6.07, 6.45) is 1.21. The van der Waals surface area contributed by atoms with Crippen molar-refractivity contribution in [1.82, 2.24) is 5.43 Å². The molecule has 0 unspecified atom stereocenters. The lowest BCUT2D eigenvalue weighted by molar-refractivity contribution is -0.385. The number of nitro benzene ring substituents is 1. The SMILES string of the molecule is O=C(N/N=C\c1ccc(O)c([N+](=O)[O-])c1)c1ccc(O)cc1. The first-order valence-electron chi connectivity index (χ1n) is 6.07. The third-order valence-corrected chi connectivity index (χ3v) is 2.71. The van der Waals surface area contributed by atoms with E-state index in [4.69, 9.17) is 5.11 Å². The Kier molecular flexibility index (Phi) is 4.33. The number of nitrogens with zero attached hydrogens (tertiary/aromatic N) is 2. The molecule has 0 atom stereocenters. The van der Waals surface area contributed by atoms with Crippen LogP contribution in [0.3, 0.4) is 0 Å². The second-order valence-electron chi connectivity index (χ2n) is 4.25. The number of hydrogen-bond acceptors (Lipinski definition) is 6. The average molecular weight is 301 g/mol. The molecule has 0 aliphatic heterocycles. The van der Waals surface area contributed by atoms with E-state index >= 15 is 0 Å². The summed E-state index contributed by atoms with van der Waals surface area (Å²) in [5.41, 5.74) is 2.44. The van der Waals surface area contributed by atoms with Gasteiger partial charge in [-0.2, -0.15) is 5.10 Å². The fraction of sp³-hybridized carbons (Fsp3) is 0. The lowest BCUT2D eigenvalue weighted by Gasteiger charge is -2.00. The van der Waals surface area contributed by atoms with Gasteiger partial charge in [0, 0.05) is 17.2 Å². The fourth-order valence-electron chi connectivity index (χ4n) is 1.61. The molecule has 0 radical (unpaired) electrons. The number of carbonyl (C=O) groups is 1. The summed E-state index contributed by atoms with van der Waals surface area (Å²) in [6.45, 7) is 0. The number of benzene rings is 2. The van der Waals surface area contributed by atoms with Crippen LogP contribution in [0, 0.1) is 10.1 Å². The smallest absolute Gasteiger partial charge is 0.311 e. The average Bonchev–Trinajstić information content (AvgIpc) is 2.49. The minimum absolute atomic E-state index is 0.0384. The minimum atomic E-state index is -0.721. The summed E-state index contributed by atoms with van der Waals surface area (Å²) >= 11 is 0. The highest BCUT2D eigenvalue weighted by molar-refractivity contribution is 5.95. The van der Waals surface area contributed by atoms with Crippen molar-refractivity contribution >= 4 is 17.8 Å². The Hall–Kier alpha value is -3.42. The molecule has 1 amide bonds. The number of amides is 1. The molecule has 22 heavy (non-hydrogen) atoms. The van der Waals surface area contributed by atoms with E-state index in [1.807, 2.05) is 0 Å². The van der Waals surface area contributed by atoms with Gasteiger partial charge in [0.15, 0.2) is 5.75 Å². The summed E-state index contributed by atoms with van der Waals surface area (Å²) in [5.74, 6) is -0.906. The number of carbonyl (C=O) groups excluding carboxylic acids is 1. The topological polar surface area (TPSA) is 125 Å². The van der Waals surface area contributed by atoms with Gasteiger partial charge in [0.2, 0.25) is 0 Å². The van der Waals surface area contributed by atoms with E-state index in [2.05, 4.69) is 10.5 Å². The molecule has 0 aromatic heterocycles. The predicted octanol–water partition coefficient (Wildman–Crippen LogP) is 1.77. The Labute approximate surface area is 124 Å². The number of hydrogen-bond donors (Lipinski definition) is 3. The third kappa shape index (κ3) is 3.57. The molecule has 8 heteroatoms. The van der Waals surface area contributed by atoms with Crippen LogP contribution in [0.1, 0.15) is 15.9 Å². The van der Waals surface area contributed by atoms with Gasteiger partial charge in [0.25, 0.3) is 5.91 Å². The van der Waals surface area contributed by atoms with E-state index in [9.17, 15) is 20.0 Å². The number of aromatic hydroxyl groups is 2. The van der Waals surface area contributed by atoms with Gasteiger partial charge >= 0.3 is 5.69 Å². The molecule has 0 aliphatic rings. The molecule has 0 bridgehead atoms.